The monoisotopic (exact) mass is 633 g/mol. The predicted molar refractivity (Wildman–Crippen MR) is 189 cm³/mol. The van der Waals surface area contributed by atoms with Crippen LogP contribution in [0.2, 0.25) is 0 Å². The minimum absolute atomic E-state index is 0.0562. The molecule has 0 amide bonds. The molecule has 0 saturated carbocycles. The Morgan fingerprint density at radius 2 is 0.958 bits per heavy atom. The van der Waals surface area contributed by atoms with Gasteiger partial charge in [-0.2, -0.15) is 18.4 Å². The van der Waals surface area contributed by atoms with Crippen molar-refractivity contribution in [3.05, 3.63) is 143 Å². The van der Waals surface area contributed by atoms with E-state index in [0.717, 1.165) is 54.8 Å². The molecule has 3 nitrogen and oxygen atoms in total. The Bertz CT molecular complexity index is 2540. The third-order valence-electron chi connectivity index (χ3n) is 9.65. The highest BCUT2D eigenvalue weighted by Gasteiger charge is 2.38. The van der Waals surface area contributed by atoms with Gasteiger partial charge >= 0.3 is 6.18 Å². The van der Waals surface area contributed by atoms with Crippen LogP contribution in [0.15, 0.2) is 109 Å². The first-order valence-electron chi connectivity index (χ1n) is 15.8. The molecule has 6 heteroatoms. The van der Waals surface area contributed by atoms with Crippen LogP contribution >= 0.6 is 0 Å². The van der Waals surface area contributed by atoms with E-state index in [4.69, 9.17) is 0 Å². The van der Waals surface area contributed by atoms with Crippen LogP contribution in [-0.4, -0.2) is 9.13 Å². The number of benzene rings is 6. The van der Waals surface area contributed by atoms with Gasteiger partial charge in [0.1, 0.15) is 0 Å². The molecule has 0 N–H and O–H groups in total. The third kappa shape index (κ3) is 4.28. The van der Waals surface area contributed by atoms with E-state index >= 15 is 13.2 Å². The number of hydrogen-bond donors (Lipinski definition) is 0. The van der Waals surface area contributed by atoms with Crippen LogP contribution in [0.5, 0.6) is 0 Å². The summed E-state index contributed by atoms with van der Waals surface area (Å²) in [5.41, 5.74) is 8.14. The Balaban J connectivity index is 1.66. The molecule has 48 heavy (non-hydrogen) atoms. The first kappa shape index (κ1) is 29.6. The fraction of sp³-hybridized carbons (Fsp3) is 0.119. The van der Waals surface area contributed by atoms with E-state index in [0.29, 0.717) is 33.4 Å². The fourth-order valence-corrected chi connectivity index (χ4v) is 7.59. The van der Waals surface area contributed by atoms with Crippen LogP contribution in [-0.2, 0) is 6.18 Å². The van der Waals surface area contributed by atoms with Crippen molar-refractivity contribution in [2.45, 2.75) is 33.9 Å². The number of aryl methyl sites for hydroxylation is 4. The molecule has 0 fully saturated rings. The van der Waals surface area contributed by atoms with Gasteiger partial charge in [-0.25, -0.2) is 0 Å². The Kier molecular flexibility index (Phi) is 6.54. The lowest BCUT2D eigenvalue weighted by molar-refractivity contribution is -0.137. The number of alkyl halides is 3. The number of nitriles is 1. The summed E-state index contributed by atoms with van der Waals surface area (Å²) in [6, 6.07) is 35.6. The van der Waals surface area contributed by atoms with Crippen molar-refractivity contribution >= 4 is 43.6 Å². The number of hydrogen-bond acceptors (Lipinski definition) is 1. The maximum atomic E-state index is 15.7. The number of nitrogens with zero attached hydrogens (tertiary/aromatic N) is 3. The highest BCUT2D eigenvalue weighted by Crippen LogP contribution is 2.47. The van der Waals surface area contributed by atoms with Crippen molar-refractivity contribution < 1.29 is 13.2 Å². The molecule has 0 bridgehead atoms. The minimum Gasteiger partial charge on any atom is -0.307 e. The standard InChI is InChI=1S/C42H30F3N3/c1-24-10-5-16-32-37(24)38-25(2)11-6-17-33(38)47(32)36-22-30(29-15-9-14-28(20-29)23-46)21-31(42(43,44)45)41(36)48-34-18-7-12-26(3)39(34)40-27(4)13-8-19-35(40)48/h5-22H,1-4H3. The van der Waals surface area contributed by atoms with E-state index < -0.39 is 11.7 Å². The zero-order valence-corrected chi connectivity index (χ0v) is 26.9. The normalized spacial score (nSPS) is 12.0. The molecule has 0 radical (unpaired) electrons. The Hall–Kier alpha value is -5.80. The van der Waals surface area contributed by atoms with Crippen LogP contribution < -0.4 is 0 Å². The van der Waals surface area contributed by atoms with Gasteiger partial charge < -0.3 is 9.13 Å². The molecule has 0 aliphatic rings. The van der Waals surface area contributed by atoms with Crippen LogP contribution in [0.25, 0.3) is 66.1 Å². The fourth-order valence-electron chi connectivity index (χ4n) is 7.59. The number of aromatic nitrogens is 2. The van der Waals surface area contributed by atoms with E-state index in [1.807, 2.05) is 116 Å². The van der Waals surface area contributed by atoms with E-state index in [-0.39, 0.29) is 5.69 Å². The summed E-state index contributed by atoms with van der Waals surface area (Å²) in [5, 5.41) is 13.6. The molecule has 0 atom stereocenters. The van der Waals surface area contributed by atoms with Gasteiger partial charge in [-0.15, -0.1) is 0 Å². The lowest BCUT2D eigenvalue weighted by Gasteiger charge is -2.23. The van der Waals surface area contributed by atoms with Gasteiger partial charge in [-0.1, -0.05) is 60.7 Å². The summed E-state index contributed by atoms with van der Waals surface area (Å²) in [4.78, 5) is 0. The molecular weight excluding hydrogens is 603 g/mol. The number of halogens is 3. The van der Waals surface area contributed by atoms with E-state index in [1.54, 1.807) is 24.3 Å². The largest absolute Gasteiger partial charge is 0.418 e. The van der Waals surface area contributed by atoms with Crippen LogP contribution in [0.1, 0.15) is 33.4 Å². The summed E-state index contributed by atoms with van der Waals surface area (Å²) in [6.45, 7) is 8.10. The average molecular weight is 634 g/mol. The highest BCUT2D eigenvalue weighted by atomic mass is 19.4. The molecule has 0 aliphatic heterocycles. The summed E-state index contributed by atoms with van der Waals surface area (Å²) >= 11 is 0. The molecule has 8 aromatic rings. The maximum Gasteiger partial charge on any atom is 0.418 e. The Labute approximate surface area is 275 Å². The van der Waals surface area contributed by atoms with Gasteiger partial charge in [0.15, 0.2) is 0 Å². The van der Waals surface area contributed by atoms with Gasteiger partial charge in [0.2, 0.25) is 0 Å². The van der Waals surface area contributed by atoms with Crippen molar-refractivity contribution in [3.63, 3.8) is 0 Å². The smallest absolute Gasteiger partial charge is 0.307 e. The van der Waals surface area contributed by atoms with E-state index in [2.05, 4.69) is 6.07 Å². The van der Waals surface area contributed by atoms with Crippen molar-refractivity contribution in [1.29, 1.82) is 5.26 Å². The second-order valence-corrected chi connectivity index (χ2v) is 12.6. The van der Waals surface area contributed by atoms with Gasteiger partial charge in [0, 0.05) is 21.5 Å². The molecule has 2 aromatic heterocycles. The minimum atomic E-state index is -4.71. The molecule has 234 valence electrons. The van der Waals surface area contributed by atoms with Crippen molar-refractivity contribution in [2.24, 2.45) is 0 Å². The number of fused-ring (bicyclic) bond motifs is 6. The zero-order chi connectivity index (χ0) is 33.5. The molecule has 0 saturated heterocycles. The SMILES string of the molecule is Cc1cccc2c1c1c(C)cccc1n2-c1cc(-c2cccc(C#N)c2)cc(C(F)(F)F)c1-n1c2cccc(C)c2c2c(C)cccc21. The van der Waals surface area contributed by atoms with Gasteiger partial charge in [-0.05, 0) is 110 Å². The molecule has 0 spiro atoms. The van der Waals surface area contributed by atoms with E-state index in [9.17, 15) is 5.26 Å². The Morgan fingerprint density at radius 3 is 1.40 bits per heavy atom. The molecular formula is C42H30F3N3. The zero-order valence-electron chi connectivity index (χ0n) is 26.9. The van der Waals surface area contributed by atoms with Crippen LogP contribution in [0.4, 0.5) is 13.2 Å². The van der Waals surface area contributed by atoms with Crippen LogP contribution in [0, 0.1) is 39.0 Å². The van der Waals surface area contributed by atoms with Crippen LogP contribution in [0.3, 0.4) is 0 Å². The lowest BCUT2D eigenvalue weighted by atomic mass is 9.98. The summed E-state index contributed by atoms with van der Waals surface area (Å²) in [6.07, 6.45) is -4.71. The topological polar surface area (TPSA) is 33.6 Å². The summed E-state index contributed by atoms with van der Waals surface area (Å²) < 4.78 is 51.0. The first-order valence-corrected chi connectivity index (χ1v) is 15.8. The quantitative estimate of drug-likeness (QED) is 0.191. The highest BCUT2D eigenvalue weighted by molar-refractivity contribution is 6.14. The van der Waals surface area contributed by atoms with Crippen molar-refractivity contribution in [3.8, 4) is 28.6 Å². The van der Waals surface area contributed by atoms with E-state index in [1.165, 1.54) is 6.07 Å². The van der Waals surface area contributed by atoms with Gasteiger partial charge in [-0.3, -0.25) is 0 Å². The molecule has 2 heterocycles. The maximum absolute atomic E-state index is 15.7. The summed E-state index contributed by atoms with van der Waals surface area (Å²) in [5.74, 6) is 0. The second kappa shape index (κ2) is 10.6. The summed E-state index contributed by atoms with van der Waals surface area (Å²) in [7, 11) is 0. The van der Waals surface area contributed by atoms with Crippen molar-refractivity contribution in [1.82, 2.24) is 9.13 Å². The Morgan fingerprint density at radius 1 is 0.521 bits per heavy atom. The molecule has 0 unspecified atom stereocenters. The van der Waals surface area contributed by atoms with Crippen molar-refractivity contribution in [2.75, 3.05) is 0 Å². The molecule has 6 aromatic carbocycles. The second-order valence-electron chi connectivity index (χ2n) is 12.6. The molecule has 0 aliphatic carbocycles. The third-order valence-corrected chi connectivity index (χ3v) is 9.65. The number of rotatable bonds is 3. The molecule has 8 rings (SSSR count). The first-order chi connectivity index (χ1) is 23.1. The lowest BCUT2D eigenvalue weighted by Crippen LogP contribution is -2.15. The van der Waals surface area contributed by atoms with Gasteiger partial charge in [0.05, 0.1) is 50.6 Å². The van der Waals surface area contributed by atoms with Gasteiger partial charge in [0.25, 0.3) is 0 Å². The predicted octanol–water partition coefficient (Wildman–Crippen LogP) is 11.7. The average Bonchev–Trinajstić information content (AvgIpc) is 3.60.